The zero-order valence-electron chi connectivity index (χ0n) is 10.9. The minimum atomic E-state index is 0. The Hall–Kier alpha value is -0.640. The molecule has 1 aliphatic carbocycles. The average Bonchev–Trinajstić information content (AvgIpc) is 2.41. The molecule has 0 N–H and O–H groups in total. The zero-order valence-corrected chi connectivity index (χ0v) is 13.1. The highest BCUT2D eigenvalue weighted by Crippen LogP contribution is 2.25. The number of nitrogens with zero attached hydrogens (tertiary/aromatic N) is 1. The van der Waals surface area contributed by atoms with Gasteiger partial charge in [0.05, 0.1) is 0 Å². The molecule has 1 heterocycles. The largest absolute Gasteiger partial charge is 1.00 e. The molecule has 3 rings (SSSR count). The molecule has 0 amide bonds. The van der Waals surface area contributed by atoms with Crippen molar-refractivity contribution in [1.29, 1.82) is 0 Å². The van der Waals surface area contributed by atoms with Gasteiger partial charge in [-0.05, 0) is 31.4 Å². The molecule has 0 bridgehead atoms. The van der Waals surface area contributed by atoms with Crippen LogP contribution in [0.1, 0.15) is 43.7 Å². The Morgan fingerprint density at radius 3 is 2.50 bits per heavy atom. The van der Waals surface area contributed by atoms with Crippen LogP contribution in [0, 0.1) is 6.92 Å². The van der Waals surface area contributed by atoms with Crippen molar-refractivity contribution in [1.82, 2.24) is 0 Å². The van der Waals surface area contributed by atoms with Crippen molar-refractivity contribution >= 4 is 10.9 Å². The number of pyridine rings is 1. The minimum absolute atomic E-state index is 0. The molecule has 1 aromatic carbocycles. The average molecular weight is 353 g/mol. The Bertz CT molecular complexity index is 530. The van der Waals surface area contributed by atoms with Crippen molar-refractivity contribution in [2.45, 2.75) is 45.1 Å². The third kappa shape index (κ3) is 2.53. The summed E-state index contributed by atoms with van der Waals surface area (Å²) in [5.74, 6) is 0. The van der Waals surface area contributed by atoms with E-state index in [1.165, 1.54) is 48.6 Å². The Kier molecular flexibility index (Phi) is 4.60. The van der Waals surface area contributed by atoms with Crippen molar-refractivity contribution < 1.29 is 28.5 Å². The smallest absolute Gasteiger partial charge is 0.212 e. The lowest BCUT2D eigenvalue weighted by atomic mass is 9.94. The third-order valence-corrected chi connectivity index (χ3v) is 4.06. The maximum absolute atomic E-state index is 2.50. The summed E-state index contributed by atoms with van der Waals surface area (Å²) >= 11 is 0. The number of aromatic nitrogens is 1. The van der Waals surface area contributed by atoms with Crippen LogP contribution in [0.5, 0.6) is 0 Å². The van der Waals surface area contributed by atoms with Gasteiger partial charge >= 0.3 is 0 Å². The van der Waals surface area contributed by atoms with Crippen LogP contribution in [-0.4, -0.2) is 0 Å². The van der Waals surface area contributed by atoms with Crippen LogP contribution in [0.25, 0.3) is 10.9 Å². The van der Waals surface area contributed by atoms with E-state index in [0.717, 1.165) is 0 Å². The van der Waals surface area contributed by atoms with Gasteiger partial charge in [0.25, 0.3) is 0 Å². The summed E-state index contributed by atoms with van der Waals surface area (Å²) in [5, 5.41) is 1.40. The minimum Gasteiger partial charge on any atom is -1.00 e. The standard InChI is InChI=1S/C16H20N.HI/c1-13-11-12-17(14-7-3-2-4-8-14)16-10-6-5-9-15(13)16;/h5-6,9-12,14H,2-4,7-8H2,1H3;1H/q+1;/p-1. The fourth-order valence-corrected chi connectivity index (χ4v) is 3.07. The lowest BCUT2D eigenvalue weighted by Crippen LogP contribution is -3.00. The fourth-order valence-electron chi connectivity index (χ4n) is 3.07. The number of rotatable bonds is 1. The second kappa shape index (κ2) is 6.00. The number of halogens is 1. The number of para-hydroxylation sites is 1. The van der Waals surface area contributed by atoms with E-state index in [2.05, 4.69) is 48.0 Å². The van der Waals surface area contributed by atoms with Gasteiger partial charge < -0.3 is 24.0 Å². The highest BCUT2D eigenvalue weighted by atomic mass is 127. The predicted molar refractivity (Wildman–Crippen MR) is 71.0 cm³/mol. The fraction of sp³-hybridized carbons (Fsp3) is 0.438. The maximum Gasteiger partial charge on any atom is 0.212 e. The van der Waals surface area contributed by atoms with Gasteiger partial charge in [0.2, 0.25) is 5.52 Å². The zero-order chi connectivity index (χ0) is 11.7. The molecular weight excluding hydrogens is 333 g/mol. The van der Waals surface area contributed by atoms with Gasteiger partial charge in [-0.1, -0.05) is 18.6 Å². The molecule has 0 atom stereocenters. The van der Waals surface area contributed by atoms with E-state index in [1.807, 2.05) is 0 Å². The van der Waals surface area contributed by atoms with Gasteiger partial charge in [0.15, 0.2) is 12.2 Å². The van der Waals surface area contributed by atoms with Crippen LogP contribution in [0.2, 0.25) is 0 Å². The highest BCUT2D eigenvalue weighted by molar-refractivity contribution is 5.78. The lowest BCUT2D eigenvalue weighted by molar-refractivity contribution is -0.701. The van der Waals surface area contributed by atoms with Crippen molar-refractivity contribution in [3.05, 3.63) is 42.1 Å². The van der Waals surface area contributed by atoms with Gasteiger partial charge in [-0.15, -0.1) is 0 Å². The molecule has 0 unspecified atom stereocenters. The molecule has 1 nitrogen and oxygen atoms in total. The van der Waals surface area contributed by atoms with E-state index >= 15 is 0 Å². The third-order valence-electron chi connectivity index (χ3n) is 4.06. The van der Waals surface area contributed by atoms with E-state index in [4.69, 9.17) is 0 Å². The summed E-state index contributed by atoms with van der Waals surface area (Å²) in [7, 11) is 0. The second-order valence-corrected chi connectivity index (χ2v) is 5.22. The van der Waals surface area contributed by atoms with Crippen LogP contribution < -0.4 is 28.5 Å². The number of benzene rings is 1. The van der Waals surface area contributed by atoms with Crippen LogP contribution in [0.4, 0.5) is 0 Å². The van der Waals surface area contributed by atoms with E-state index in [9.17, 15) is 0 Å². The molecular formula is C16H20IN. The lowest BCUT2D eigenvalue weighted by Gasteiger charge is -2.18. The van der Waals surface area contributed by atoms with Gasteiger partial charge in [0.1, 0.15) is 0 Å². The molecule has 1 saturated carbocycles. The summed E-state index contributed by atoms with van der Waals surface area (Å²) in [6.07, 6.45) is 9.17. The van der Waals surface area contributed by atoms with Crippen LogP contribution >= 0.6 is 0 Å². The number of hydrogen-bond donors (Lipinski definition) is 0. The van der Waals surface area contributed by atoms with Crippen molar-refractivity contribution in [2.24, 2.45) is 0 Å². The predicted octanol–water partition coefficient (Wildman–Crippen LogP) is 0.945. The van der Waals surface area contributed by atoms with Crippen LogP contribution in [0.3, 0.4) is 0 Å². The summed E-state index contributed by atoms with van der Waals surface area (Å²) in [6, 6.07) is 11.8. The maximum atomic E-state index is 2.50. The monoisotopic (exact) mass is 353 g/mol. The first-order valence-electron chi connectivity index (χ1n) is 6.76. The molecule has 1 aliphatic rings. The molecule has 18 heavy (non-hydrogen) atoms. The van der Waals surface area contributed by atoms with E-state index in [-0.39, 0.29) is 24.0 Å². The SMILES string of the molecule is Cc1cc[n+](C2CCCCC2)c2ccccc12.[I-]. The molecule has 2 heteroatoms. The quantitative estimate of drug-likeness (QED) is 0.531. The van der Waals surface area contributed by atoms with Gasteiger partial charge in [-0.3, -0.25) is 0 Å². The Morgan fingerprint density at radius 2 is 1.72 bits per heavy atom. The molecule has 0 radical (unpaired) electrons. The number of aryl methyl sites for hydroxylation is 1. The Balaban J connectivity index is 0.00000120. The Morgan fingerprint density at radius 1 is 1.00 bits per heavy atom. The van der Waals surface area contributed by atoms with Gasteiger partial charge in [0, 0.05) is 30.4 Å². The summed E-state index contributed by atoms with van der Waals surface area (Å²) < 4.78 is 2.50. The highest BCUT2D eigenvalue weighted by Gasteiger charge is 2.23. The van der Waals surface area contributed by atoms with Gasteiger partial charge in [-0.2, -0.15) is 4.57 Å². The molecule has 96 valence electrons. The molecule has 2 aromatic rings. The summed E-state index contributed by atoms with van der Waals surface area (Å²) in [5.41, 5.74) is 2.78. The normalized spacial score (nSPS) is 16.5. The summed E-state index contributed by atoms with van der Waals surface area (Å²) in [4.78, 5) is 0. The van der Waals surface area contributed by atoms with Crippen molar-refractivity contribution in [2.75, 3.05) is 0 Å². The van der Waals surface area contributed by atoms with Crippen molar-refractivity contribution in [3.8, 4) is 0 Å². The first-order chi connectivity index (χ1) is 8.36. The Labute approximate surface area is 126 Å². The number of hydrogen-bond acceptors (Lipinski definition) is 0. The van der Waals surface area contributed by atoms with Gasteiger partial charge in [-0.25, -0.2) is 0 Å². The molecule has 1 fully saturated rings. The van der Waals surface area contributed by atoms with E-state index in [1.54, 1.807) is 0 Å². The summed E-state index contributed by atoms with van der Waals surface area (Å²) in [6.45, 7) is 2.20. The van der Waals surface area contributed by atoms with Crippen LogP contribution in [-0.2, 0) is 0 Å². The number of fused-ring (bicyclic) bond motifs is 1. The van der Waals surface area contributed by atoms with Crippen molar-refractivity contribution in [3.63, 3.8) is 0 Å². The van der Waals surface area contributed by atoms with E-state index in [0.29, 0.717) is 6.04 Å². The first-order valence-corrected chi connectivity index (χ1v) is 6.76. The molecule has 0 aliphatic heterocycles. The van der Waals surface area contributed by atoms with E-state index < -0.39 is 0 Å². The second-order valence-electron chi connectivity index (χ2n) is 5.22. The molecule has 1 aromatic heterocycles. The van der Waals surface area contributed by atoms with Crippen LogP contribution in [0.15, 0.2) is 36.5 Å². The molecule has 0 spiro atoms. The first kappa shape index (κ1) is 13.8. The molecule has 0 saturated heterocycles. The topological polar surface area (TPSA) is 3.88 Å².